The number of likely N-dealkylation sites (tertiary alicyclic amines) is 1. The average molecular weight is 796 g/mol. The van der Waals surface area contributed by atoms with E-state index in [4.69, 9.17) is 25.8 Å². The lowest BCUT2D eigenvalue weighted by molar-refractivity contribution is -0.125. The Morgan fingerprint density at radius 1 is 1.07 bits per heavy atom. The molecule has 2 fully saturated rings. The second-order valence-electron chi connectivity index (χ2n) is 15.1. The van der Waals surface area contributed by atoms with Gasteiger partial charge in [0.15, 0.2) is 0 Å². The van der Waals surface area contributed by atoms with Crippen molar-refractivity contribution in [2.24, 2.45) is 21.2 Å². The standard InChI is InChI=1S/C41H54ClN5O7S/c1-45(2)41(50)46-19-17-34(18-20-46)54-27-39(48)43-28-55(51)22-8-4-5-10-37(52-3)35-15-12-32(35)26-47-25-31-11-14-33(42)23-29(31)9-6-7-21-53-38-16-13-30(24-36(38)47)40(49)44-55/h5,10-11,13-14,16,23-24,28,32,34-35,37H,4,6-9,12,15,17-22,25-27H2,1-3H3/b10-5+,43-28?/t32-,35+,37-,55?/m0/s1. The number of nitrogens with zero attached hydrogens (tertiary/aromatic N) is 5. The minimum absolute atomic E-state index is 0.0440. The molecule has 2 aromatic carbocycles. The first kappa shape index (κ1) is 40.9. The molecular weight excluding hydrogens is 742 g/mol. The maximum absolute atomic E-state index is 14.3. The minimum atomic E-state index is -3.38. The number of benzene rings is 2. The van der Waals surface area contributed by atoms with Crippen molar-refractivity contribution in [3.8, 4) is 5.75 Å². The SMILES string of the molecule is CO[C@H]1/C=C/CCCS(=O)(C=NC(=O)COC2CCN(C(=O)N(C)C)CC2)=NC(=O)c2ccc3c(c2)N(Cc2ccc(Cl)cc2CCCCO3)C[C@@H]2CC[C@H]21. The number of rotatable bonds is 5. The van der Waals surface area contributed by atoms with Gasteiger partial charge < -0.3 is 28.9 Å². The molecule has 0 spiro atoms. The van der Waals surface area contributed by atoms with E-state index in [-0.39, 0.29) is 36.2 Å². The van der Waals surface area contributed by atoms with E-state index in [1.54, 1.807) is 38.2 Å². The zero-order valence-electron chi connectivity index (χ0n) is 32.2. The summed E-state index contributed by atoms with van der Waals surface area (Å²) in [7, 11) is 1.80. The summed E-state index contributed by atoms with van der Waals surface area (Å²) in [5.41, 5.74) is 4.47. The number of amides is 4. The Morgan fingerprint density at radius 3 is 2.64 bits per heavy atom. The third-order valence-corrected chi connectivity index (χ3v) is 13.1. The number of carbonyl (C=O) groups is 3. The van der Waals surface area contributed by atoms with E-state index >= 15 is 0 Å². The smallest absolute Gasteiger partial charge is 0.319 e. The van der Waals surface area contributed by atoms with Crippen LogP contribution in [0.2, 0.25) is 5.02 Å². The van der Waals surface area contributed by atoms with Crippen molar-refractivity contribution in [1.82, 2.24) is 9.80 Å². The summed E-state index contributed by atoms with van der Waals surface area (Å²) in [5.74, 6) is 0.141. The van der Waals surface area contributed by atoms with Crippen LogP contribution in [0.4, 0.5) is 10.5 Å². The Kier molecular flexibility index (Phi) is 14.0. The van der Waals surface area contributed by atoms with E-state index in [1.807, 2.05) is 18.2 Å². The molecule has 14 heteroatoms. The Morgan fingerprint density at radius 2 is 1.89 bits per heavy atom. The van der Waals surface area contributed by atoms with Gasteiger partial charge in [0.25, 0.3) is 11.8 Å². The molecule has 55 heavy (non-hydrogen) atoms. The minimum Gasteiger partial charge on any atom is -0.491 e. The third kappa shape index (κ3) is 10.8. The topological polar surface area (TPSA) is 130 Å². The fourth-order valence-corrected chi connectivity index (χ4v) is 9.49. The maximum atomic E-state index is 14.3. The molecule has 4 atom stereocenters. The van der Waals surface area contributed by atoms with E-state index in [1.165, 1.54) is 16.0 Å². The summed E-state index contributed by atoms with van der Waals surface area (Å²) in [5, 5.41) is 0.707. The highest BCUT2D eigenvalue weighted by molar-refractivity contribution is 8.06. The highest BCUT2D eigenvalue weighted by Gasteiger charge is 2.38. The number of hydrogen-bond donors (Lipinski definition) is 0. The molecule has 6 rings (SSSR count). The van der Waals surface area contributed by atoms with Crippen LogP contribution in [0.1, 0.15) is 72.9 Å². The summed E-state index contributed by atoms with van der Waals surface area (Å²) in [6, 6.07) is 11.3. The number of anilines is 1. The Hall–Kier alpha value is -3.78. The van der Waals surface area contributed by atoms with Gasteiger partial charge in [0.05, 0.1) is 34.2 Å². The van der Waals surface area contributed by atoms with Crippen LogP contribution in [0, 0.1) is 11.8 Å². The van der Waals surface area contributed by atoms with E-state index in [2.05, 4.69) is 32.5 Å². The lowest BCUT2D eigenvalue weighted by Crippen LogP contribution is -2.45. The van der Waals surface area contributed by atoms with Crippen molar-refractivity contribution in [2.45, 2.75) is 76.5 Å². The Balaban J connectivity index is 1.28. The number of urea groups is 1. The van der Waals surface area contributed by atoms with Gasteiger partial charge in [0, 0.05) is 63.7 Å². The van der Waals surface area contributed by atoms with Gasteiger partial charge in [-0.15, -0.1) is 0 Å². The van der Waals surface area contributed by atoms with Gasteiger partial charge in [-0.2, -0.15) is 4.36 Å². The van der Waals surface area contributed by atoms with E-state index < -0.39 is 21.5 Å². The quantitative estimate of drug-likeness (QED) is 0.184. The molecule has 3 heterocycles. The first-order valence-corrected chi connectivity index (χ1v) is 21.6. The number of carbonyl (C=O) groups excluding carboxylic acids is 3. The normalized spacial score (nSPS) is 26.0. The highest BCUT2D eigenvalue weighted by atomic mass is 35.5. The van der Waals surface area contributed by atoms with Crippen molar-refractivity contribution in [2.75, 3.05) is 64.7 Å². The number of allylic oxidation sites excluding steroid dienone is 1. The molecular formula is C41H54ClN5O7S. The number of hydrogen-bond acceptors (Lipinski definition) is 8. The number of methoxy groups -OCH3 is 1. The van der Waals surface area contributed by atoms with Gasteiger partial charge in [-0.05, 0) is 111 Å². The Bertz CT molecular complexity index is 1890. The fraction of sp³-hybridized carbons (Fsp3) is 0.561. The van der Waals surface area contributed by atoms with Crippen LogP contribution >= 0.6 is 11.6 Å². The number of fused-ring (bicyclic) bond motifs is 3. The summed E-state index contributed by atoms with van der Waals surface area (Å²) < 4.78 is 36.8. The van der Waals surface area contributed by atoms with Gasteiger partial charge in [-0.25, -0.2) is 14.0 Å². The zero-order valence-corrected chi connectivity index (χ0v) is 33.8. The molecule has 4 amide bonds. The predicted octanol–water partition coefficient (Wildman–Crippen LogP) is 6.78. The number of ether oxygens (including phenoxy) is 3. The molecule has 2 aromatic rings. The van der Waals surface area contributed by atoms with Crippen LogP contribution in [-0.4, -0.2) is 109 Å². The van der Waals surface area contributed by atoms with Crippen LogP contribution in [0.3, 0.4) is 0 Å². The molecule has 1 saturated heterocycles. The largest absolute Gasteiger partial charge is 0.491 e. The van der Waals surface area contributed by atoms with Gasteiger partial charge in [-0.1, -0.05) is 29.8 Å². The van der Waals surface area contributed by atoms with Crippen LogP contribution < -0.4 is 9.64 Å². The number of aryl methyl sites for hydroxylation is 1. The second kappa shape index (κ2) is 18.9. The van der Waals surface area contributed by atoms with E-state index in [9.17, 15) is 18.6 Å². The summed E-state index contributed by atoms with van der Waals surface area (Å²) in [6.07, 6.45) is 10.9. The third-order valence-electron chi connectivity index (χ3n) is 11.1. The highest BCUT2D eigenvalue weighted by Crippen LogP contribution is 2.42. The molecule has 1 aliphatic carbocycles. The molecule has 1 unspecified atom stereocenters. The zero-order chi connectivity index (χ0) is 39.0. The van der Waals surface area contributed by atoms with Gasteiger partial charge in [0.1, 0.15) is 17.9 Å². The molecule has 4 aliphatic rings. The number of aliphatic imine (C=N–C) groups is 1. The molecule has 0 N–H and O–H groups in total. The van der Waals surface area contributed by atoms with Crippen LogP contribution in [0.5, 0.6) is 5.75 Å². The summed E-state index contributed by atoms with van der Waals surface area (Å²) >= 11 is 6.47. The number of piperidine rings is 1. The molecule has 3 aliphatic heterocycles. The van der Waals surface area contributed by atoms with Crippen molar-refractivity contribution in [3.63, 3.8) is 0 Å². The van der Waals surface area contributed by atoms with Crippen LogP contribution in [-0.2, 0) is 37.0 Å². The molecule has 2 bridgehead atoms. The Labute approximate surface area is 330 Å². The van der Waals surface area contributed by atoms with Crippen molar-refractivity contribution in [1.29, 1.82) is 0 Å². The van der Waals surface area contributed by atoms with Crippen LogP contribution in [0.15, 0.2) is 57.9 Å². The number of halogens is 1. The van der Waals surface area contributed by atoms with Crippen molar-refractivity contribution < 1.29 is 32.8 Å². The predicted molar refractivity (Wildman–Crippen MR) is 216 cm³/mol. The average Bonchev–Trinajstić information content (AvgIpc) is 3.19. The first-order chi connectivity index (χ1) is 26.5. The van der Waals surface area contributed by atoms with Gasteiger partial charge >= 0.3 is 6.03 Å². The maximum Gasteiger partial charge on any atom is 0.319 e. The molecule has 0 radical (unpaired) electrons. The fourth-order valence-electron chi connectivity index (χ4n) is 7.81. The van der Waals surface area contributed by atoms with Crippen LogP contribution in [0.25, 0.3) is 0 Å². The molecule has 1 saturated carbocycles. The van der Waals surface area contributed by atoms with Gasteiger partial charge in [-0.3, -0.25) is 9.59 Å². The lowest BCUT2D eigenvalue weighted by atomic mass is 9.70. The van der Waals surface area contributed by atoms with Gasteiger partial charge in [0.2, 0.25) is 0 Å². The molecule has 0 aromatic heterocycles. The van der Waals surface area contributed by atoms with Crippen molar-refractivity contribution in [3.05, 3.63) is 70.3 Å². The monoisotopic (exact) mass is 795 g/mol. The summed E-state index contributed by atoms with van der Waals surface area (Å²) in [6.45, 7) is 2.61. The van der Waals surface area contributed by atoms with E-state index in [0.29, 0.717) is 74.5 Å². The van der Waals surface area contributed by atoms with E-state index in [0.717, 1.165) is 49.9 Å². The second-order valence-corrected chi connectivity index (χ2v) is 17.8. The molecule has 12 nitrogen and oxygen atoms in total. The molecule has 298 valence electrons. The summed E-state index contributed by atoms with van der Waals surface area (Å²) in [4.78, 5) is 48.6. The lowest BCUT2D eigenvalue weighted by Gasteiger charge is -2.43. The van der Waals surface area contributed by atoms with Crippen molar-refractivity contribution >= 4 is 50.4 Å². The first-order valence-electron chi connectivity index (χ1n) is 19.4.